The average molecular weight is 320 g/mol. The van der Waals surface area contributed by atoms with E-state index in [0.29, 0.717) is 24.7 Å². The summed E-state index contributed by atoms with van der Waals surface area (Å²) in [7, 11) is 1.60. The number of methoxy groups -OCH3 is 1. The summed E-state index contributed by atoms with van der Waals surface area (Å²) < 4.78 is 5.07. The molecular weight excluding hydrogens is 292 g/mol. The number of hydrogen-bond acceptors (Lipinski definition) is 3. The van der Waals surface area contributed by atoms with Crippen LogP contribution in [-0.4, -0.2) is 44.7 Å². The van der Waals surface area contributed by atoms with Crippen molar-refractivity contribution in [2.75, 3.05) is 26.7 Å². The van der Waals surface area contributed by atoms with Gasteiger partial charge in [-0.25, -0.2) is 0 Å². The number of carbonyl (C=O) groups excluding carboxylic acids is 1. The maximum Gasteiger partial charge on any atom is 0.251 e. The molecule has 1 unspecified atom stereocenters. The Morgan fingerprint density at radius 2 is 1.91 bits per heavy atom. The molecule has 0 heterocycles. The third kappa shape index (κ3) is 7.04. The van der Waals surface area contributed by atoms with Gasteiger partial charge in [-0.1, -0.05) is 6.92 Å². The Kier molecular flexibility index (Phi) is 8.57. The fourth-order valence-corrected chi connectivity index (χ4v) is 1.84. The molecule has 1 atom stereocenters. The number of carbonyl (C=O) groups is 1. The lowest BCUT2D eigenvalue weighted by Crippen LogP contribution is -2.42. The average Bonchev–Trinajstić information content (AvgIpc) is 2.58. The summed E-state index contributed by atoms with van der Waals surface area (Å²) in [5.74, 6) is 1.40. The summed E-state index contributed by atoms with van der Waals surface area (Å²) in [5, 5.41) is 9.36. The summed E-state index contributed by atoms with van der Waals surface area (Å²) in [6, 6.07) is 7.39. The molecular formula is C17H28N4O2. The normalized spacial score (nSPS) is 12.4. The Labute approximate surface area is 138 Å². The van der Waals surface area contributed by atoms with Gasteiger partial charge in [0.15, 0.2) is 5.96 Å². The molecule has 0 aliphatic carbocycles. The minimum absolute atomic E-state index is 0.109. The molecule has 1 amide bonds. The van der Waals surface area contributed by atoms with Crippen molar-refractivity contribution in [2.45, 2.75) is 33.2 Å². The zero-order valence-corrected chi connectivity index (χ0v) is 14.5. The van der Waals surface area contributed by atoms with E-state index in [1.807, 2.05) is 6.92 Å². The van der Waals surface area contributed by atoms with Gasteiger partial charge in [-0.3, -0.25) is 9.79 Å². The first kappa shape index (κ1) is 18.8. The lowest BCUT2D eigenvalue weighted by atomic mass is 10.2. The monoisotopic (exact) mass is 320 g/mol. The highest BCUT2D eigenvalue weighted by Crippen LogP contribution is 2.10. The number of amides is 1. The Bertz CT molecular complexity index is 500. The molecule has 1 aromatic rings. The third-order valence-corrected chi connectivity index (χ3v) is 3.36. The molecule has 0 saturated heterocycles. The van der Waals surface area contributed by atoms with Gasteiger partial charge in [-0.2, -0.15) is 0 Å². The highest BCUT2D eigenvalue weighted by Gasteiger charge is 2.05. The van der Waals surface area contributed by atoms with E-state index in [0.717, 1.165) is 24.7 Å². The van der Waals surface area contributed by atoms with Crippen molar-refractivity contribution < 1.29 is 9.53 Å². The number of nitrogens with one attached hydrogen (secondary N) is 3. The lowest BCUT2D eigenvalue weighted by Gasteiger charge is -2.16. The molecule has 0 saturated carbocycles. The number of nitrogens with zero attached hydrogens (tertiary/aromatic N) is 1. The van der Waals surface area contributed by atoms with Crippen molar-refractivity contribution in [3.8, 4) is 5.75 Å². The van der Waals surface area contributed by atoms with Crippen molar-refractivity contribution in [2.24, 2.45) is 4.99 Å². The summed E-state index contributed by atoms with van der Waals surface area (Å²) in [4.78, 5) is 16.5. The van der Waals surface area contributed by atoms with E-state index in [9.17, 15) is 4.79 Å². The first-order chi connectivity index (χ1) is 11.1. The number of hydrogen-bond donors (Lipinski definition) is 3. The van der Waals surface area contributed by atoms with Crippen LogP contribution in [0.4, 0.5) is 0 Å². The molecule has 0 aliphatic heterocycles. The van der Waals surface area contributed by atoms with Gasteiger partial charge in [0.25, 0.3) is 5.91 Å². The molecule has 6 heteroatoms. The fraction of sp³-hybridized carbons (Fsp3) is 0.529. The van der Waals surface area contributed by atoms with E-state index in [4.69, 9.17) is 4.74 Å². The van der Waals surface area contributed by atoms with Gasteiger partial charge in [0.05, 0.1) is 13.7 Å². The minimum atomic E-state index is -0.109. The second kappa shape index (κ2) is 10.5. The topological polar surface area (TPSA) is 74.8 Å². The Morgan fingerprint density at radius 1 is 1.22 bits per heavy atom. The third-order valence-electron chi connectivity index (χ3n) is 3.36. The molecule has 0 aliphatic rings. The van der Waals surface area contributed by atoms with Gasteiger partial charge in [0, 0.05) is 24.7 Å². The van der Waals surface area contributed by atoms with Crippen LogP contribution in [0.3, 0.4) is 0 Å². The highest BCUT2D eigenvalue weighted by atomic mass is 16.5. The maximum atomic E-state index is 12.0. The van der Waals surface area contributed by atoms with Gasteiger partial charge in [-0.15, -0.1) is 0 Å². The Balaban J connectivity index is 2.43. The van der Waals surface area contributed by atoms with Crippen molar-refractivity contribution in [3.63, 3.8) is 0 Å². The second-order valence-electron chi connectivity index (χ2n) is 5.20. The van der Waals surface area contributed by atoms with Crippen molar-refractivity contribution in [1.29, 1.82) is 0 Å². The molecule has 0 aromatic heterocycles. The highest BCUT2D eigenvalue weighted by molar-refractivity contribution is 5.94. The number of guanidine groups is 1. The summed E-state index contributed by atoms with van der Waals surface area (Å²) in [6.45, 7) is 8.07. The van der Waals surface area contributed by atoms with Gasteiger partial charge < -0.3 is 20.7 Å². The molecule has 3 N–H and O–H groups in total. The second-order valence-corrected chi connectivity index (χ2v) is 5.20. The first-order valence-electron chi connectivity index (χ1n) is 8.07. The molecule has 0 bridgehead atoms. The molecule has 0 spiro atoms. The van der Waals surface area contributed by atoms with E-state index in [1.54, 1.807) is 31.4 Å². The van der Waals surface area contributed by atoms with Crippen LogP contribution in [0.2, 0.25) is 0 Å². The van der Waals surface area contributed by atoms with Crippen LogP contribution in [0.5, 0.6) is 5.75 Å². The fourth-order valence-electron chi connectivity index (χ4n) is 1.84. The van der Waals surface area contributed by atoms with Crippen LogP contribution in [0.15, 0.2) is 29.3 Å². The summed E-state index contributed by atoms with van der Waals surface area (Å²) >= 11 is 0. The van der Waals surface area contributed by atoms with Crippen LogP contribution in [0, 0.1) is 0 Å². The van der Waals surface area contributed by atoms with Gasteiger partial charge in [0.1, 0.15) is 5.75 Å². The molecule has 0 radical (unpaired) electrons. The predicted octanol–water partition coefficient (Wildman–Crippen LogP) is 1.78. The van der Waals surface area contributed by atoms with Crippen molar-refractivity contribution in [3.05, 3.63) is 29.8 Å². The van der Waals surface area contributed by atoms with E-state index < -0.39 is 0 Å². The standard InChI is InChI=1S/C17H28N4O2/c1-5-13(3)21-17(18-6-2)20-12-11-19-16(22)14-7-9-15(23-4)10-8-14/h7-10,13H,5-6,11-12H2,1-4H3,(H,19,22)(H2,18,20,21). The Hall–Kier alpha value is -2.24. The number of benzene rings is 1. The number of aliphatic imine (C=N–C) groups is 1. The molecule has 1 rings (SSSR count). The molecule has 0 fully saturated rings. The van der Waals surface area contributed by atoms with Crippen molar-refractivity contribution in [1.82, 2.24) is 16.0 Å². The molecule has 1 aromatic carbocycles. The van der Waals surface area contributed by atoms with Crippen LogP contribution in [0.25, 0.3) is 0 Å². The predicted molar refractivity (Wildman–Crippen MR) is 94.2 cm³/mol. The minimum Gasteiger partial charge on any atom is -0.497 e. The lowest BCUT2D eigenvalue weighted by molar-refractivity contribution is 0.0955. The quantitative estimate of drug-likeness (QED) is 0.388. The maximum absolute atomic E-state index is 12.0. The van der Waals surface area contributed by atoms with E-state index in [2.05, 4.69) is 34.8 Å². The molecule has 128 valence electrons. The van der Waals surface area contributed by atoms with Gasteiger partial charge in [0.2, 0.25) is 0 Å². The van der Waals surface area contributed by atoms with Gasteiger partial charge >= 0.3 is 0 Å². The zero-order valence-electron chi connectivity index (χ0n) is 14.5. The van der Waals surface area contributed by atoms with Crippen LogP contribution < -0.4 is 20.7 Å². The summed E-state index contributed by atoms with van der Waals surface area (Å²) in [6.07, 6.45) is 1.03. The number of rotatable bonds is 8. The largest absolute Gasteiger partial charge is 0.497 e. The van der Waals surface area contributed by atoms with E-state index in [1.165, 1.54) is 0 Å². The summed E-state index contributed by atoms with van der Waals surface area (Å²) in [5.41, 5.74) is 0.611. The molecule has 6 nitrogen and oxygen atoms in total. The number of ether oxygens (including phenoxy) is 1. The van der Waals surface area contributed by atoms with Crippen molar-refractivity contribution >= 4 is 11.9 Å². The SMILES string of the molecule is CCNC(=NCCNC(=O)c1ccc(OC)cc1)NC(C)CC. The van der Waals surface area contributed by atoms with Crippen LogP contribution >= 0.6 is 0 Å². The smallest absolute Gasteiger partial charge is 0.251 e. The zero-order chi connectivity index (χ0) is 17.1. The first-order valence-corrected chi connectivity index (χ1v) is 8.07. The van der Waals surface area contributed by atoms with E-state index in [-0.39, 0.29) is 5.91 Å². The van der Waals surface area contributed by atoms with E-state index >= 15 is 0 Å². The van der Waals surface area contributed by atoms with Crippen LogP contribution in [-0.2, 0) is 0 Å². The van der Waals surface area contributed by atoms with Gasteiger partial charge in [-0.05, 0) is 44.5 Å². The molecule has 23 heavy (non-hydrogen) atoms. The Morgan fingerprint density at radius 3 is 2.48 bits per heavy atom. The van der Waals surface area contributed by atoms with Crippen LogP contribution in [0.1, 0.15) is 37.6 Å².